The normalized spacial score (nSPS) is 10.8. The highest BCUT2D eigenvalue weighted by molar-refractivity contribution is 6.17. The maximum atomic E-state index is 13.8. The van der Waals surface area contributed by atoms with E-state index in [1.807, 2.05) is 0 Å². The van der Waals surface area contributed by atoms with E-state index in [4.69, 9.17) is 16.3 Å². The lowest BCUT2D eigenvalue weighted by Gasteiger charge is -2.09. The SMILES string of the molecule is Cc1nn(C)c(C)c1Oc1c(F)cc(CCl)cc1F. The van der Waals surface area contributed by atoms with Gasteiger partial charge in [-0.15, -0.1) is 11.6 Å². The Labute approximate surface area is 114 Å². The average Bonchev–Trinajstić information content (AvgIpc) is 2.59. The van der Waals surface area contributed by atoms with Gasteiger partial charge in [0.2, 0.25) is 0 Å². The van der Waals surface area contributed by atoms with Gasteiger partial charge in [-0.2, -0.15) is 5.10 Å². The minimum absolute atomic E-state index is 0.0407. The van der Waals surface area contributed by atoms with E-state index >= 15 is 0 Å². The Morgan fingerprint density at radius 3 is 2.21 bits per heavy atom. The minimum atomic E-state index is -0.779. The van der Waals surface area contributed by atoms with Crippen LogP contribution in [-0.2, 0) is 12.9 Å². The molecule has 2 aromatic rings. The van der Waals surface area contributed by atoms with Gasteiger partial charge in [0, 0.05) is 12.9 Å². The molecule has 0 saturated heterocycles. The molecule has 0 saturated carbocycles. The first-order valence-corrected chi connectivity index (χ1v) is 6.19. The van der Waals surface area contributed by atoms with Crippen LogP contribution in [0.15, 0.2) is 12.1 Å². The molecule has 0 unspecified atom stereocenters. The second-order valence-electron chi connectivity index (χ2n) is 4.25. The number of hydrogen-bond acceptors (Lipinski definition) is 2. The molecule has 0 bridgehead atoms. The van der Waals surface area contributed by atoms with Crippen LogP contribution in [0.5, 0.6) is 11.5 Å². The third-order valence-corrected chi connectivity index (χ3v) is 3.17. The molecule has 0 atom stereocenters. The van der Waals surface area contributed by atoms with Crippen molar-refractivity contribution in [2.75, 3.05) is 0 Å². The number of ether oxygens (including phenoxy) is 1. The molecule has 0 radical (unpaired) electrons. The molecule has 0 fully saturated rings. The van der Waals surface area contributed by atoms with Crippen molar-refractivity contribution < 1.29 is 13.5 Å². The highest BCUT2D eigenvalue weighted by Crippen LogP contribution is 2.32. The second kappa shape index (κ2) is 5.17. The van der Waals surface area contributed by atoms with Gasteiger partial charge in [0.05, 0.1) is 5.69 Å². The van der Waals surface area contributed by atoms with E-state index in [-0.39, 0.29) is 5.88 Å². The Morgan fingerprint density at radius 1 is 1.21 bits per heavy atom. The van der Waals surface area contributed by atoms with Crippen molar-refractivity contribution in [1.29, 1.82) is 0 Å². The fraction of sp³-hybridized carbons (Fsp3) is 0.308. The van der Waals surface area contributed by atoms with E-state index in [1.54, 1.807) is 25.6 Å². The highest BCUT2D eigenvalue weighted by Gasteiger charge is 2.18. The number of benzene rings is 1. The van der Waals surface area contributed by atoms with Crippen LogP contribution in [0.1, 0.15) is 17.0 Å². The minimum Gasteiger partial charge on any atom is -0.447 e. The van der Waals surface area contributed by atoms with Crippen molar-refractivity contribution in [3.8, 4) is 11.5 Å². The molecule has 0 spiro atoms. The van der Waals surface area contributed by atoms with E-state index in [9.17, 15) is 8.78 Å². The third kappa shape index (κ3) is 2.56. The van der Waals surface area contributed by atoms with Crippen molar-refractivity contribution in [2.24, 2.45) is 7.05 Å². The quantitative estimate of drug-likeness (QED) is 0.802. The van der Waals surface area contributed by atoms with Gasteiger partial charge in [0.1, 0.15) is 5.69 Å². The Kier molecular flexibility index (Phi) is 3.75. The van der Waals surface area contributed by atoms with Gasteiger partial charge in [0.25, 0.3) is 0 Å². The Bertz CT molecular complexity index is 602. The molecule has 1 aromatic carbocycles. The number of hydrogen-bond donors (Lipinski definition) is 0. The van der Waals surface area contributed by atoms with E-state index in [2.05, 4.69) is 5.10 Å². The Morgan fingerprint density at radius 2 is 1.79 bits per heavy atom. The van der Waals surface area contributed by atoms with E-state index in [0.717, 1.165) is 12.1 Å². The zero-order valence-corrected chi connectivity index (χ0v) is 11.6. The molecule has 1 aromatic heterocycles. The first kappa shape index (κ1) is 13.8. The maximum Gasteiger partial charge on any atom is 0.198 e. The van der Waals surface area contributed by atoms with Gasteiger partial charge in [-0.25, -0.2) is 8.78 Å². The molecular formula is C13H13ClF2N2O. The lowest BCUT2D eigenvalue weighted by Crippen LogP contribution is -1.97. The van der Waals surface area contributed by atoms with Crippen molar-refractivity contribution in [1.82, 2.24) is 9.78 Å². The van der Waals surface area contributed by atoms with Crippen molar-refractivity contribution in [3.05, 3.63) is 40.7 Å². The molecule has 1 heterocycles. The van der Waals surface area contributed by atoms with Crippen LogP contribution in [0.2, 0.25) is 0 Å². The van der Waals surface area contributed by atoms with E-state index in [0.29, 0.717) is 22.7 Å². The Balaban J connectivity index is 2.44. The number of rotatable bonds is 3. The first-order chi connectivity index (χ1) is 8.93. The lowest BCUT2D eigenvalue weighted by atomic mass is 10.2. The maximum absolute atomic E-state index is 13.8. The number of nitrogens with zero attached hydrogens (tertiary/aromatic N) is 2. The second-order valence-corrected chi connectivity index (χ2v) is 4.52. The molecule has 2 rings (SSSR count). The van der Waals surface area contributed by atoms with Gasteiger partial charge in [-0.1, -0.05) is 0 Å². The summed E-state index contributed by atoms with van der Waals surface area (Å²) in [7, 11) is 1.73. The molecule has 6 heteroatoms. The van der Waals surface area contributed by atoms with Crippen molar-refractivity contribution in [2.45, 2.75) is 19.7 Å². The smallest absolute Gasteiger partial charge is 0.198 e. The van der Waals surface area contributed by atoms with Gasteiger partial charge in [-0.3, -0.25) is 4.68 Å². The highest BCUT2D eigenvalue weighted by atomic mass is 35.5. The molecule has 0 aliphatic carbocycles. The summed E-state index contributed by atoms with van der Waals surface area (Å²) in [5.74, 6) is -1.59. The van der Waals surface area contributed by atoms with Gasteiger partial charge < -0.3 is 4.74 Å². The fourth-order valence-electron chi connectivity index (χ4n) is 1.79. The average molecular weight is 287 g/mol. The standard InChI is InChI=1S/C13H13ClF2N2O/c1-7-12(8(2)18(3)17-7)19-13-10(15)4-9(6-14)5-11(13)16/h4-5H,6H2,1-3H3. The fourth-order valence-corrected chi connectivity index (χ4v) is 1.95. The largest absolute Gasteiger partial charge is 0.447 e. The molecular weight excluding hydrogens is 274 g/mol. The molecule has 0 N–H and O–H groups in total. The summed E-state index contributed by atoms with van der Waals surface area (Å²) in [6.45, 7) is 3.48. The third-order valence-electron chi connectivity index (χ3n) is 2.86. The van der Waals surface area contributed by atoms with Crippen LogP contribution in [-0.4, -0.2) is 9.78 Å². The molecule has 0 aliphatic heterocycles. The summed E-state index contributed by atoms with van der Waals surface area (Å²) in [6, 6.07) is 2.32. The van der Waals surface area contributed by atoms with Crippen LogP contribution in [0.4, 0.5) is 8.78 Å². The predicted octanol–water partition coefficient (Wildman–Crippen LogP) is 3.85. The molecule has 0 amide bonds. The number of aromatic nitrogens is 2. The van der Waals surface area contributed by atoms with Crippen LogP contribution in [0.25, 0.3) is 0 Å². The molecule has 102 valence electrons. The first-order valence-electron chi connectivity index (χ1n) is 5.66. The summed E-state index contributed by atoms with van der Waals surface area (Å²) < 4.78 is 34.5. The van der Waals surface area contributed by atoms with Gasteiger partial charge >= 0.3 is 0 Å². The van der Waals surface area contributed by atoms with Gasteiger partial charge in [0.15, 0.2) is 23.1 Å². The summed E-state index contributed by atoms with van der Waals surface area (Å²) >= 11 is 5.55. The van der Waals surface area contributed by atoms with Crippen molar-refractivity contribution >= 4 is 11.6 Å². The lowest BCUT2D eigenvalue weighted by molar-refractivity contribution is 0.402. The summed E-state index contributed by atoms with van der Waals surface area (Å²) in [5.41, 5.74) is 1.63. The van der Waals surface area contributed by atoms with Crippen LogP contribution >= 0.6 is 11.6 Å². The molecule has 19 heavy (non-hydrogen) atoms. The zero-order valence-electron chi connectivity index (χ0n) is 10.8. The Hall–Kier alpha value is -1.62. The summed E-state index contributed by atoms with van der Waals surface area (Å²) in [5, 5.41) is 4.13. The topological polar surface area (TPSA) is 27.1 Å². The summed E-state index contributed by atoms with van der Waals surface area (Å²) in [4.78, 5) is 0. The van der Waals surface area contributed by atoms with Gasteiger partial charge in [-0.05, 0) is 31.5 Å². The van der Waals surface area contributed by atoms with Crippen LogP contribution < -0.4 is 4.74 Å². The van der Waals surface area contributed by atoms with Crippen molar-refractivity contribution in [3.63, 3.8) is 0 Å². The number of aryl methyl sites for hydroxylation is 2. The molecule has 0 aliphatic rings. The predicted molar refractivity (Wildman–Crippen MR) is 68.7 cm³/mol. The number of halogens is 3. The van der Waals surface area contributed by atoms with E-state index in [1.165, 1.54) is 0 Å². The number of alkyl halides is 1. The molecule has 3 nitrogen and oxygen atoms in total. The van der Waals surface area contributed by atoms with Crippen LogP contribution in [0, 0.1) is 25.5 Å². The monoisotopic (exact) mass is 286 g/mol. The summed E-state index contributed by atoms with van der Waals surface area (Å²) in [6.07, 6.45) is 0. The zero-order chi connectivity index (χ0) is 14.2. The van der Waals surface area contributed by atoms with E-state index < -0.39 is 17.4 Å². The van der Waals surface area contributed by atoms with Crippen LogP contribution in [0.3, 0.4) is 0 Å².